The second-order valence-corrected chi connectivity index (χ2v) is 5.71. The van der Waals surface area contributed by atoms with Crippen molar-refractivity contribution in [2.24, 2.45) is 0 Å². The number of carbonyl (C=O) groups excluding carboxylic acids is 1. The molecule has 22 heavy (non-hydrogen) atoms. The maximum Gasteiger partial charge on any atom is 0.281 e. The van der Waals surface area contributed by atoms with Gasteiger partial charge in [-0.2, -0.15) is 0 Å². The van der Waals surface area contributed by atoms with E-state index < -0.39 is 0 Å². The van der Waals surface area contributed by atoms with Gasteiger partial charge in [0.1, 0.15) is 5.70 Å². The van der Waals surface area contributed by atoms with Crippen molar-refractivity contribution in [3.8, 4) is 0 Å². The van der Waals surface area contributed by atoms with Crippen LogP contribution in [0.4, 0.5) is 5.69 Å². The van der Waals surface area contributed by atoms with Gasteiger partial charge in [0.2, 0.25) is 0 Å². The fraction of sp³-hybridized carbons (Fsp3) is 0.111. The van der Waals surface area contributed by atoms with Crippen LogP contribution in [0.5, 0.6) is 0 Å². The van der Waals surface area contributed by atoms with E-state index in [1.807, 2.05) is 68.5 Å². The summed E-state index contributed by atoms with van der Waals surface area (Å²) in [4.78, 5) is 14.2. The highest BCUT2D eigenvalue weighted by Gasteiger charge is 2.32. The van der Waals surface area contributed by atoms with E-state index in [4.69, 9.17) is 12.2 Å². The molecular formula is C18H16N2OS. The molecule has 0 spiro atoms. The maximum absolute atomic E-state index is 12.6. The van der Waals surface area contributed by atoms with Crippen molar-refractivity contribution < 1.29 is 4.79 Å². The molecule has 1 aliphatic rings. The first-order valence-electron chi connectivity index (χ1n) is 7.06. The molecule has 3 nitrogen and oxygen atoms in total. The predicted octanol–water partition coefficient (Wildman–Crippen LogP) is 3.57. The molecule has 0 aliphatic carbocycles. The summed E-state index contributed by atoms with van der Waals surface area (Å²) >= 11 is 5.33. The van der Waals surface area contributed by atoms with Gasteiger partial charge in [0.15, 0.2) is 5.11 Å². The second kappa shape index (κ2) is 5.73. The Kier molecular flexibility index (Phi) is 3.77. The van der Waals surface area contributed by atoms with Gasteiger partial charge in [-0.1, -0.05) is 48.0 Å². The van der Waals surface area contributed by atoms with Gasteiger partial charge in [-0.25, -0.2) is 0 Å². The van der Waals surface area contributed by atoms with E-state index in [9.17, 15) is 4.79 Å². The van der Waals surface area contributed by atoms with Gasteiger partial charge in [0.25, 0.3) is 5.91 Å². The fourth-order valence-electron chi connectivity index (χ4n) is 2.40. The van der Waals surface area contributed by atoms with E-state index in [2.05, 4.69) is 5.32 Å². The molecule has 110 valence electrons. The number of thiocarbonyl (C=S) groups is 1. The highest BCUT2D eigenvalue weighted by molar-refractivity contribution is 7.80. The Balaban J connectivity index is 1.95. The summed E-state index contributed by atoms with van der Waals surface area (Å²) in [5.41, 5.74) is 4.48. The number of hydrogen-bond acceptors (Lipinski definition) is 2. The molecule has 2 aromatic rings. The quantitative estimate of drug-likeness (QED) is 0.680. The van der Waals surface area contributed by atoms with E-state index in [0.717, 1.165) is 16.8 Å². The zero-order valence-electron chi connectivity index (χ0n) is 12.5. The minimum Gasteiger partial charge on any atom is -0.327 e. The molecule has 3 rings (SSSR count). The molecule has 1 saturated heterocycles. The van der Waals surface area contributed by atoms with Crippen molar-refractivity contribution in [1.82, 2.24) is 5.32 Å². The lowest BCUT2D eigenvalue weighted by Gasteiger charge is -2.16. The molecule has 1 N–H and O–H groups in total. The first-order valence-corrected chi connectivity index (χ1v) is 7.46. The van der Waals surface area contributed by atoms with Crippen molar-refractivity contribution in [2.75, 3.05) is 4.90 Å². The minimum atomic E-state index is -0.125. The van der Waals surface area contributed by atoms with Gasteiger partial charge in [0.05, 0.1) is 5.69 Å². The topological polar surface area (TPSA) is 32.3 Å². The number of amides is 1. The van der Waals surface area contributed by atoms with Gasteiger partial charge in [-0.3, -0.25) is 9.69 Å². The molecule has 0 atom stereocenters. The number of aryl methyl sites for hydroxylation is 2. The standard InChI is InChI=1S/C18H16N2OS/c1-12-7-9-14(10-8-12)11-15-17(21)20(18(22)19-15)16-6-4-3-5-13(16)2/h3-11H,1-2H3,(H,19,22)/b15-11-. The van der Waals surface area contributed by atoms with Crippen LogP contribution in [0.2, 0.25) is 0 Å². The SMILES string of the molecule is Cc1ccc(/C=C2\NC(=S)N(c3ccccc3C)C2=O)cc1. The Bertz CT molecular complexity index is 778. The summed E-state index contributed by atoms with van der Waals surface area (Å²) in [7, 11) is 0. The molecule has 1 amide bonds. The fourth-order valence-corrected chi connectivity index (χ4v) is 2.69. The van der Waals surface area contributed by atoms with Crippen molar-refractivity contribution >= 4 is 35.0 Å². The van der Waals surface area contributed by atoms with Gasteiger partial charge in [-0.15, -0.1) is 0 Å². The molecule has 1 heterocycles. The van der Waals surface area contributed by atoms with Crippen LogP contribution >= 0.6 is 12.2 Å². The summed E-state index contributed by atoms with van der Waals surface area (Å²) in [6.07, 6.45) is 1.83. The van der Waals surface area contributed by atoms with E-state index in [0.29, 0.717) is 10.8 Å². The number of benzene rings is 2. The molecule has 0 saturated carbocycles. The smallest absolute Gasteiger partial charge is 0.281 e. The van der Waals surface area contributed by atoms with E-state index in [1.54, 1.807) is 4.90 Å². The summed E-state index contributed by atoms with van der Waals surface area (Å²) in [5, 5.41) is 3.43. The van der Waals surface area contributed by atoms with Crippen molar-refractivity contribution in [3.63, 3.8) is 0 Å². The predicted molar refractivity (Wildman–Crippen MR) is 93.6 cm³/mol. The normalized spacial score (nSPS) is 16.3. The van der Waals surface area contributed by atoms with Crippen LogP contribution < -0.4 is 10.2 Å². The lowest BCUT2D eigenvalue weighted by Crippen LogP contribution is -2.30. The summed E-state index contributed by atoms with van der Waals surface area (Å²) in [6, 6.07) is 15.7. The first-order chi connectivity index (χ1) is 10.6. The molecular weight excluding hydrogens is 292 g/mol. The lowest BCUT2D eigenvalue weighted by molar-refractivity contribution is -0.113. The summed E-state index contributed by atoms with van der Waals surface area (Å²) in [5.74, 6) is -0.125. The van der Waals surface area contributed by atoms with E-state index in [-0.39, 0.29) is 5.91 Å². The third-order valence-electron chi connectivity index (χ3n) is 3.62. The Hall–Kier alpha value is -2.46. The number of anilines is 1. The van der Waals surface area contributed by atoms with Crippen molar-refractivity contribution in [1.29, 1.82) is 0 Å². The summed E-state index contributed by atoms with van der Waals surface area (Å²) < 4.78 is 0. The number of nitrogens with one attached hydrogen (secondary N) is 1. The van der Waals surface area contributed by atoms with Crippen LogP contribution in [0, 0.1) is 13.8 Å². The average molecular weight is 308 g/mol. The molecule has 0 bridgehead atoms. The van der Waals surface area contributed by atoms with Gasteiger partial charge in [0, 0.05) is 0 Å². The number of carbonyl (C=O) groups is 1. The van der Waals surface area contributed by atoms with Gasteiger partial charge < -0.3 is 5.32 Å². The van der Waals surface area contributed by atoms with Crippen LogP contribution in [-0.4, -0.2) is 11.0 Å². The molecule has 0 aromatic heterocycles. The largest absolute Gasteiger partial charge is 0.327 e. The highest BCUT2D eigenvalue weighted by atomic mass is 32.1. The molecule has 1 fully saturated rings. The lowest BCUT2D eigenvalue weighted by atomic mass is 10.1. The van der Waals surface area contributed by atoms with Gasteiger partial charge in [-0.05, 0) is 49.3 Å². The maximum atomic E-state index is 12.6. The van der Waals surface area contributed by atoms with E-state index >= 15 is 0 Å². The average Bonchev–Trinajstić information content (AvgIpc) is 2.77. The molecule has 0 unspecified atom stereocenters. The first kappa shape index (κ1) is 14.5. The van der Waals surface area contributed by atoms with Crippen LogP contribution in [0.1, 0.15) is 16.7 Å². The molecule has 0 radical (unpaired) electrons. The second-order valence-electron chi connectivity index (χ2n) is 5.33. The molecule has 2 aromatic carbocycles. The summed E-state index contributed by atoms with van der Waals surface area (Å²) in [6.45, 7) is 4.00. The third-order valence-corrected chi connectivity index (χ3v) is 3.91. The van der Waals surface area contributed by atoms with Crippen molar-refractivity contribution in [3.05, 3.63) is 70.9 Å². The number of nitrogens with zero attached hydrogens (tertiary/aromatic N) is 1. The van der Waals surface area contributed by atoms with Crippen LogP contribution in [0.25, 0.3) is 6.08 Å². The Morgan fingerprint density at radius 3 is 2.41 bits per heavy atom. The Morgan fingerprint density at radius 1 is 1.05 bits per heavy atom. The van der Waals surface area contributed by atoms with Crippen LogP contribution in [-0.2, 0) is 4.79 Å². The molecule has 4 heteroatoms. The van der Waals surface area contributed by atoms with Crippen LogP contribution in [0.3, 0.4) is 0 Å². The third kappa shape index (κ3) is 2.65. The van der Waals surface area contributed by atoms with E-state index in [1.165, 1.54) is 5.56 Å². The number of hydrogen-bond donors (Lipinski definition) is 1. The van der Waals surface area contributed by atoms with Gasteiger partial charge >= 0.3 is 0 Å². The highest BCUT2D eigenvalue weighted by Crippen LogP contribution is 2.25. The number of para-hydroxylation sites is 1. The number of rotatable bonds is 2. The Morgan fingerprint density at radius 2 is 1.73 bits per heavy atom. The zero-order chi connectivity index (χ0) is 15.7. The molecule has 1 aliphatic heterocycles. The monoisotopic (exact) mass is 308 g/mol. The Labute approximate surface area is 135 Å². The van der Waals surface area contributed by atoms with Crippen LogP contribution in [0.15, 0.2) is 54.2 Å². The minimum absolute atomic E-state index is 0.125. The van der Waals surface area contributed by atoms with Crippen molar-refractivity contribution in [2.45, 2.75) is 13.8 Å². The zero-order valence-corrected chi connectivity index (χ0v) is 13.3.